The van der Waals surface area contributed by atoms with Crippen molar-refractivity contribution < 1.29 is 15.0 Å². The van der Waals surface area contributed by atoms with E-state index in [1.54, 1.807) is 36.4 Å². The lowest BCUT2D eigenvalue weighted by Crippen LogP contribution is -2.30. The van der Waals surface area contributed by atoms with Gasteiger partial charge in [-0.1, -0.05) is 44.0 Å². The van der Waals surface area contributed by atoms with E-state index in [-0.39, 0.29) is 23.4 Å². The second-order valence-electron chi connectivity index (χ2n) is 7.08. The third-order valence-electron chi connectivity index (χ3n) is 5.21. The van der Waals surface area contributed by atoms with Gasteiger partial charge in [0.15, 0.2) is 0 Å². The number of hydrogen-bond acceptors (Lipinski definition) is 4. The Hall–Kier alpha value is -3.28. The van der Waals surface area contributed by atoms with Crippen molar-refractivity contribution in [1.29, 1.82) is 0 Å². The van der Waals surface area contributed by atoms with Gasteiger partial charge in [0.1, 0.15) is 22.9 Å². The van der Waals surface area contributed by atoms with Gasteiger partial charge in [-0.05, 0) is 36.2 Å². The number of H-pyrrole nitrogens is 1. The molecule has 3 aromatic rings. The van der Waals surface area contributed by atoms with Crippen molar-refractivity contribution >= 4 is 5.91 Å². The third-order valence-corrected chi connectivity index (χ3v) is 5.21. The van der Waals surface area contributed by atoms with E-state index in [2.05, 4.69) is 17.1 Å². The number of carbonyl (C=O) groups excluding carboxylic acids is 1. The standard InChI is InChI=1S/C22H23N3O3/c1-2-3-6-12-25-21(14-8-7-9-15(26)13-14)18-19(23-24-20(18)22(25)28)16-10-4-5-11-17(16)27/h4-5,7-11,13,21,26-27H,2-3,6,12H2,1H3,(H,23,24). The highest BCUT2D eigenvalue weighted by atomic mass is 16.3. The SMILES string of the molecule is CCCCCN1C(=O)c2[nH]nc(-c3ccccc3O)c2C1c1cccc(O)c1. The second kappa shape index (κ2) is 7.38. The minimum absolute atomic E-state index is 0.103. The monoisotopic (exact) mass is 377 g/mol. The zero-order chi connectivity index (χ0) is 19.7. The summed E-state index contributed by atoms with van der Waals surface area (Å²) in [6, 6.07) is 13.6. The lowest BCUT2D eigenvalue weighted by Gasteiger charge is -2.26. The number of phenolic OH excluding ortho intramolecular Hbond substituents is 2. The molecule has 2 heterocycles. The van der Waals surface area contributed by atoms with Crippen LogP contribution in [0.1, 0.15) is 53.8 Å². The molecule has 1 unspecified atom stereocenters. The molecule has 1 atom stereocenters. The van der Waals surface area contributed by atoms with E-state index in [9.17, 15) is 15.0 Å². The molecule has 1 aliphatic heterocycles. The number of benzene rings is 2. The Kier molecular flexibility index (Phi) is 4.77. The summed E-state index contributed by atoms with van der Waals surface area (Å²) in [7, 11) is 0. The van der Waals surface area contributed by atoms with Gasteiger partial charge in [-0.25, -0.2) is 0 Å². The summed E-state index contributed by atoms with van der Waals surface area (Å²) < 4.78 is 0. The maximum Gasteiger partial charge on any atom is 0.273 e. The molecule has 1 aromatic heterocycles. The molecule has 6 nitrogen and oxygen atoms in total. The van der Waals surface area contributed by atoms with Crippen LogP contribution in [0.5, 0.6) is 11.5 Å². The van der Waals surface area contributed by atoms with Gasteiger partial charge >= 0.3 is 0 Å². The minimum atomic E-state index is -0.361. The fourth-order valence-electron chi connectivity index (χ4n) is 3.88. The smallest absolute Gasteiger partial charge is 0.273 e. The van der Waals surface area contributed by atoms with Gasteiger partial charge in [0.25, 0.3) is 5.91 Å². The average molecular weight is 377 g/mol. The first-order valence-electron chi connectivity index (χ1n) is 9.58. The third kappa shape index (κ3) is 3.01. The summed E-state index contributed by atoms with van der Waals surface area (Å²) in [5.41, 5.74) is 3.15. The summed E-state index contributed by atoms with van der Waals surface area (Å²) in [5.74, 6) is 0.163. The summed E-state index contributed by atoms with van der Waals surface area (Å²) in [4.78, 5) is 14.9. The quantitative estimate of drug-likeness (QED) is 0.561. The van der Waals surface area contributed by atoms with Crippen LogP contribution in [0, 0.1) is 0 Å². The van der Waals surface area contributed by atoms with E-state index in [0.29, 0.717) is 23.5 Å². The number of aromatic hydroxyl groups is 2. The van der Waals surface area contributed by atoms with Gasteiger partial charge < -0.3 is 15.1 Å². The van der Waals surface area contributed by atoms with Crippen molar-refractivity contribution in [3.63, 3.8) is 0 Å². The van der Waals surface area contributed by atoms with E-state index in [4.69, 9.17) is 0 Å². The molecule has 0 saturated carbocycles. The number of phenols is 2. The molecule has 4 rings (SSSR count). The Bertz CT molecular complexity index is 1010. The summed E-state index contributed by atoms with van der Waals surface area (Å²) in [6.07, 6.45) is 3.01. The molecule has 1 aliphatic rings. The van der Waals surface area contributed by atoms with E-state index < -0.39 is 0 Å². The van der Waals surface area contributed by atoms with Crippen molar-refractivity contribution in [2.24, 2.45) is 0 Å². The number of nitrogens with one attached hydrogen (secondary N) is 1. The van der Waals surface area contributed by atoms with E-state index in [1.807, 2.05) is 17.0 Å². The first-order chi connectivity index (χ1) is 13.6. The lowest BCUT2D eigenvalue weighted by atomic mass is 9.95. The number of fused-ring (bicyclic) bond motifs is 1. The number of aromatic nitrogens is 2. The number of aromatic amines is 1. The van der Waals surface area contributed by atoms with Crippen LogP contribution in [0.15, 0.2) is 48.5 Å². The maximum absolute atomic E-state index is 13.1. The molecule has 0 bridgehead atoms. The zero-order valence-electron chi connectivity index (χ0n) is 15.7. The number of amides is 1. The van der Waals surface area contributed by atoms with Crippen LogP contribution < -0.4 is 0 Å². The molecule has 3 N–H and O–H groups in total. The number of carbonyl (C=O) groups is 1. The Morgan fingerprint density at radius 3 is 2.68 bits per heavy atom. The molecule has 144 valence electrons. The summed E-state index contributed by atoms with van der Waals surface area (Å²) >= 11 is 0. The highest BCUT2D eigenvalue weighted by Gasteiger charge is 2.42. The first kappa shape index (κ1) is 18.1. The van der Waals surface area contributed by atoms with Crippen LogP contribution in [0.4, 0.5) is 0 Å². The molecular weight excluding hydrogens is 354 g/mol. The molecule has 0 radical (unpaired) electrons. The van der Waals surface area contributed by atoms with E-state index >= 15 is 0 Å². The van der Waals surface area contributed by atoms with E-state index in [0.717, 1.165) is 30.4 Å². The molecule has 0 fully saturated rings. The van der Waals surface area contributed by atoms with Gasteiger partial charge in [0.2, 0.25) is 0 Å². The highest BCUT2D eigenvalue weighted by molar-refractivity contribution is 6.00. The Morgan fingerprint density at radius 1 is 1.11 bits per heavy atom. The summed E-state index contributed by atoms with van der Waals surface area (Å²) in [6.45, 7) is 2.75. The van der Waals surface area contributed by atoms with Crippen molar-refractivity contribution in [1.82, 2.24) is 15.1 Å². The van der Waals surface area contributed by atoms with E-state index in [1.165, 1.54) is 0 Å². The molecule has 0 spiro atoms. The Balaban J connectivity index is 1.85. The second-order valence-corrected chi connectivity index (χ2v) is 7.08. The van der Waals surface area contributed by atoms with Gasteiger partial charge in [-0.15, -0.1) is 0 Å². The molecule has 2 aromatic carbocycles. The number of rotatable bonds is 6. The van der Waals surface area contributed by atoms with Crippen molar-refractivity contribution in [2.75, 3.05) is 6.54 Å². The maximum atomic E-state index is 13.1. The van der Waals surface area contributed by atoms with Crippen LogP contribution in [-0.2, 0) is 0 Å². The average Bonchev–Trinajstić information content (AvgIpc) is 3.22. The molecule has 28 heavy (non-hydrogen) atoms. The Morgan fingerprint density at radius 2 is 1.93 bits per heavy atom. The van der Waals surface area contributed by atoms with Gasteiger partial charge in [0.05, 0.1) is 6.04 Å². The fourth-order valence-corrected chi connectivity index (χ4v) is 3.88. The predicted octanol–water partition coefficient (Wildman–Crippen LogP) is 4.22. The summed E-state index contributed by atoms with van der Waals surface area (Å²) in [5, 5.41) is 27.6. The number of para-hydroxylation sites is 1. The Labute approximate surface area is 163 Å². The number of hydrogen-bond donors (Lipinski definition) is 3. The van der Waals surface area contributed by atoms with Gasteiger partial charge in [-0.2, -0.15) is 5.10 Å². The van der Waals surface area contributed by atoms with Crippen LogP contribution >= 0.6 is 0 Å². The van der Waals surface area contributed by atoms with Crippen molar-refractivity contribution in [3.05, 3.63) is 65.4 Å². The molecular formula is C22H23N3O3. The van der Waals surface area contributed by atoms with Gasteiger partial charge in [-0.3, -0.25) is 9.89 Å². The topological polar surface area (TPSA) is 89.5 Å². The molecule has 0 saturated heterocycles. The lowest BCUT2D eigenvalue weighted by molar-refractivity contribution is 0.0740. The van der Waals surface area contributed by atoms with Crippen LogP contribution in [0.2, 0.25) is 0 Å². The largest absolute Gasteiger partial charge is 0.508 e. The molecule has 6 heteroatoms. The van der Waals surface area contributed by atoms with Crippen LogP contribution in [0.3, 0.4) is 0 Å². The van der Waals surface area contributed by atoms with Gasteiger partial charge in [0, 0.05) is 17.7 Å². The van der Waals surface area contributed by atoms with Crippen LogP contribution in [-0.4, -0.2) is 37.8 Å². The number of nitrogens with zero attached hydrogens (tertiary/aromatic N) is 2. The molecule has 1 amide bonds. The zero-order valence-corrected chi connectivity index (χ0v) is 15.7. The molecule has 0 aliphatic carbocycles. The van der Waals surface area contributed by atoms with Crippen LogP contribution in [0.25, 0.3) is 11.3 Å². The highest BCUT2D eigenvalue weighted by Crippen LogP contribution is 2.44. The fraction of sp³-hybridized carbons (Fsp3) is 0.273. The minimum Gasteiger partial charge on any atom is -0.508 e. The van der Waals surface area contributed by atoms with Crippen molar-refractivity contribution in [2.45, 2.75) is 32.2 Å². The predicted molar refractivity (Wildman–Crippen MR) is 106 cm³/mol. The number of unbranched alkanes of at least 4 members (excludes halogenated alkanes) is 2. The van der Waals surface area contributed by atoms with Crippen molar-refractivity contribution in [3.8, 4) is 22.8 Å². The first-order valence-corrected chi connectivity index (χ1v) is 9.58. The normalized spacial score (nSPS) is 15.8.